The van der Waals surface area contributed by atoms with E-state index in [0.29, 0.717) is 5.02 Å². The second-order valence-corrected chi connectivity index (χ2v) is 7.01. The lowest BCUT2D eigenvalue weighted by Gasteiger charge is -2.17. The van der Waals surface area contributed by atoms with Gasteiger partial charge in [-0.1, -0.05) is 11.6 Å². The van der Waals surface area contributed by atoms with E-state index in [2.05, 4.69) is 9.46 Å². The van der Waals surface area contributed by atoms with E-state index in [4.69, 9.17) is 16.3 Å². The van der Waals surface area contributed by atoms with Crippen LogP contribution in [0.4, 0.5) is 4.79 Å². The van der Waals surface area contributed by atoms with Crippen LogP contribution in [0, 0.1) is 0 Å². The fraction of sp³-hybridized carbons (Fsp3) is 0.357. The number of amides is 2. The molecule has 11 heteroatoms. The van der Waals surface area contributed by atoms with Gasteiger partial charge in [-0.3, -0.25) is 14.9 Å². The smallest absolute Gasteiger partial charge is 0.413 e. The van der Waals surface area contributed by atoms with Gasteiger partial charge in [0.25, 0.3) is 5.91 Å². The molecule has 1 aromatic carbocycles. The predicted octanol–water partition coefficient (Wildman–Crippen LogP) is 0.821. The van der Waals surface area contributed by atoms with Crippen molar-refractivity contribution in [2.45, 2.75) is 30.9 Å². The van der Waals surface area contributed by atoms with Crippen LogP contribution in [0.3, 0.4) is 0 Å². The minimum atomic E-state index is -3.98. The lowest BCUT2D eigenvalue weighted by atomic mass is 10.3. The van der Waals surface area contributed by atoms with Crippen LogP contribution in [-0.4, -0.2) is 45.6 Å². The molecule has 0 fully saturated rings. The number of carbonyl (C=O) groups is 3. The lowest BCUT2D eigenvalue weighted by molar-refractivity contribution is -0.155. The number of hydrogen-bond donors (Lipinski definition) is 2. The molecule has 0 saturated heterocycles. The number of nitrogens with one attached hydrogen (secondary N) is 2. The number of sulfonamides is 1. The Hall–Kier alpha value is -2.17. The minimum Gasteiger partial charge on any atom is -0.453 e. The van der Waals surface area contributed by atoms with Crippen molar-refractivity contribution in [2.24, 2.45) is 0 Å². The molecule has 0 bridgehead atoms. The van der Waals surface area contributed by atoms with Crippen LogP contribution in [0.2, 0.25) is 5.02 Å². The summed E-state index contributed by atoms with van der Waals surface area (Å²) >= 11 is 5.69. The molecule has 0 aliphatic heterocycles. The minimum absolute atomic E-state index is 0.0898. The first-order valence-electron chi connectivity index (χ1n) is 6.94. The number of ether oxygens (including phenoxy) is 2. The van der Waals surface area contributed by atoms with E-state index in [-0.39, 0.29) is 4.90 Å². The maximum absolute atomic E-state index is 12.2. The molecule has 2 N–H and O–H groups in total. The third-order valence-corrected chi connectivity index (χ3v) is 4.69. The monoisotopic (exact) mass is 392 g/mol. The van der Waals surface area contributed by atoms with Gasteiger partial charge in [0.05, 0.1) is 12.0 Å². The summed E-state index contributed by atoms with van der Waals surface area (Å²) in [4.78, 5) is 34.3. The number of imide groups is 1. The molecule has 0 aliphatic rings. The van der Waals surface area contributed by atoms with Crippen LogP contribution in [0.5, 0.6) is 0 Å². The van der Waals surface area contributed by atoms with E-state index in [1.165, 1.54) is 38.1 Å². The van der Waals surface area contributed by atoms with Crippen molar-refractivity contribution in [1.82, 2.24) is 10.0 Å². The van der Waals surface area contributed by atoms with Gasteiger partial charge in [-0.25, -0.2) is 13.2 Å². The highest BCUT2D eigenvalue weighted by molar-refractivity contribution is 7.89. The van der Waals surface area contributed by atoms with Crippen molar-refractivity contribution < 1.29 is 32.3 Å². The Morgan fingerprint density at radius 3 is 2.20 bits per heavy atom. The molecule has 1 aromatic rings. The number of halogens is 1. The van der Waals surface area contributed by atoms with Crippen LogP contribution < -0.4 is 10.0 Å². The molecule has 1 rings (SSSR count). The second kappa shape index (κ2) is 8.79. The van der Waals surface area contributed by atoms with Crippen molar-refractivity contribution in [3.63, 3.8) is 0 Å². The highest BCUT2D eigenvalue weighted by Crippen LogP contribution is 2.14. The molecular weight excluding hydrogens is 376 g/mol. The molecule has 2 atom stereocenters. The van der Waals surface area contributed by atoms with Crippen LogP contribution in [0.1, 0.15) is 13.8 Å². The Balaban J connectivity index is 2.68. The maximum atomic E-state index is 12.2. The van der Waals surface area contributed by atoms with E-state index >= 15 is 0 Å². The summed E-state index contributed by atoms with van der Waals surface area (Å²) in [5, 5.41) is 2.18. The Morgan fingerprint density at radius 2 is 1.68 bits per heavy atom. The van der Waals surface area contributed by atoms with Crippen molar-refractivity contribution in [1.29, 1.82) is 0 Å². The van der Waals surface area contributed by atoms with Gasteiger partial charge in [-0.2, -0.15) is 4.72 Å². The van der Waals surface area contributed by atoms with Gasteiger partial charge in [0.15, 0.2) is 6.10 Å². The fourth-order valence-electron chi connectivity index (χ4n) is 1.55. The first-order valence-corrected chi connectivity index (χ1v) is 8.80. The molecule has 9 nitrogen and oxygen atoms in total. The average molecular weight is 393 g/mol. The molecule has 25 heavy (non-hydrogen) atoms. The number of rotatable bonds is 6. The van der Waals surface area contributed by atoms with Crippen molar-refractivity contribution >= 4 is 39.6 Å². The van der Waals surface area contributed by atoms with Gasteiger partial charge < -0.3 is 9.47 Å². The van der Waals surface area contributed by atoms with Crippen LogP contribution >= 0.6 is 11.6 Å². The summed E-state index contributed by atoms with van der Waals surface area (Å²) in [6, 6.07) is 4.05. The number of carbonyl (C=O) groups excluding carboxylic acids is 3. The van der Waals surface area contributed by atoms with Crippen molar-refractivity contribution in [3.05, 3.63) is 29.3 Å². The second-order valence-electron chi connectivity index (χ2n) is 4.86. The highest BCUT2D eigenvalue weighted by atomic mass is 35.5. The van der Waals surface area contributed by atoms with Gasteiger partial charge in [-0.05, 0) is 38.1 Å². The molecule has 2 amide bonds. The van der Waals surface area contributed by atoms with Crippen molar-refractivity contribution in [2.75, 3.05) is 7.11 Å². The number of hydrogen-bond acceptors (Lipinski definition) is 7. The average Bonchev–Trinajstić information content (AvgIpc) is 2.54. The van der Waals surface area contributed by atoms with Crippen LogP contribution in [0.15, 0.2) is 29.2 Å². The SMILES string of the molecule is COC(=O)NC(=O)[C@H](C)OC(=O)[C@H](C)NS(=O)(=O)c1ccc(Cl)cc1. The first-order chi connectivity index (χ1) is 11.6. The van der Waals surface area contributed by atoms with Crippen LogP contribution in [0.25, 0.3) is 0 Å². The van der Waals surface area contributed by atoms with Gasteiger partial charge >= 0.3 is 12.1 Å². The lowest BCUT2D eigenvalue weighted by Crippen LogP contribution is -2.44. The third kappa shape index (κ3) is 6.33. The van der Waals surface area contributed by atoms with E-state index in [1.54, 1.807) is 0 Å². The Labute approximate surface area is 149 Å². The third-order valence-electron chi connectivity index (χ3n) is 2.88. The molecular formula is C14H17ClN2O7S. The molecule has 0 saturated carbocycles. The predicted molar refractivity (Wildman–Crippen MR) is 87.3 cm³/mol. The van der Waals surface area contributed by atoms with Crippen LogP contribution in [-0.2, 0) is 29.1 Å². The maximum Gasteiger partial charge on any atom is 0.413 e. The van der Waals surface area contributed by atoms with Gasteiger partial charge in [0, 0.05) is 5.02 Å². The number of benzene rings is 1. The van der Waals surface area contributed by atoms with Crippen molar-refractivity contribution in [3.8, 4) is 0 Å². The Kier molecular flexibility index (Phi) is 7.34. The van der Waals surface area contributed by atoms with E-state index in [1.807, 2.05) is 5.32 Å². The standard InChI is InChI=1S/C14H17ClN2O7S/c1-8(13(19)24-9(2)12(18)16-14(20)23-3)17-25(21,22)11-6-4-10(15)5-7-11/h4-9,17H,1-3H3,(H,16,18,20)/t8-,9-/m0/s1. The number of esters is 1. The highest BCUT2D eigenvalue weighted by Gasteiger charge is 2.27. The van der Waals surface area contributed by atoms with Gasteiger partial charge in [0.2, 0.25) is 10.0 Å². The van der Waals surface area contributed by atoms with E-state index < -0.39 is 40.1 Å². The number of methoxy groups -OCH3 is 1. The Morgan fingerprint density at radius 1 is 1.12 bits per heavy atom. The summed E-state index contributed by atoms with van der Waals surface area (Å²) in [6.45, 7) is 2.47. The zero-order chi connectivity index (χ0) is 19.2. The summed E-state index contributed by atoms with van der Waals surface area (Å²) in [6.07, 6.45) is -2.33. The molecule has 0 heterocycles. The normalized spacial score (nSPS) is 13.4. The van der Waals surface area contributed by atoms with Gasteiger partial charge in [-0.15, -0.1) is 0 Å². The molecule has 0 unspecified atom stereocenters. The Bertz CT molecular complexity index is 749. The summed E-state index contributed by atoms with van der Waals surface area (Å²) in [5.74, 6) is -1.90. The number of alkyl carbamates (subject to hydrolysis) is 1. The largest absolute Gasteiger partial charge is 0.453 e. The summed E-state index contributed by atoms with van der Waals surface area (Å²) in [7, 11) is -2.92. The molecule has 0 radical (unpaired) electrons. The summed E-state index contributed by atoms with van der Waals surface area (Å²) < 4.78 is 35.5. The summed E-state index contributed by atoms with van der Waals surface area (Å²) in [5.41, 5.74) is 0. The zero-order valence-electron chi connectivity index (χ0n) is 13.6. The first kappa shape index (κ1) is 20.9. The quantitative estimate of drug-likeness (QED) is 0.686. The molecule has 138 valence electrons. The molecule has 0 aliphatic carbocycles. The topological polar surface area (TPSA) is 128 Å². The molecule has 0 spiro atoms. The molecule has 0 aromatic heterocycles. The van der Waals surface area contributed by atoms with Gasteiger partial charge in [0.1, 0.15) is 6.04 Å². The fourth-order valence-corrected chi connectivity index (χ4v) is 2.86. The van der Waals surface area contributed by atoms with E-state index in [9.17, 15) is 22.8 Å². The zero-order valence-corrected chi connectivity index (χ0v) is 15.2. The van der Waals surface area contributed by atoms with E-state index in [0.717, 1.165) is 7.11 Å².